The zero-order valence-corrected chi connectivity index (χ0v) is 11.2. The SMILES string of the molecule is COC1(CNc2nc(C(C)C)no2)CCOCC1. The first-order valence-electron chi connectivity index (χ1n) is 6.35. The molecule has 2 rings (SSSR count). The molecule has 6 nitrogen and oxygen atoms in total. The summed E-state index contributed by atoms with van der Waals surface area (Å²) in [6.45, 7) is 6.19. The van der Waals surface area contributed by atoms with E-state index >= 15 is 0 Å². The normalized spacial score (nSPS) is 19.1. The second kappa shape index (κ2) is 5.67. The molecule has 0 radical (unpaired) electrons. The first-order valence-corrected chi connectivity index (χ1v) is 6.35. The van der Waals surface area contributed by atoms with Crippen LogP contribution in [0.3, 0.4) is 0 Å². The fraction of sp³-hybridized carbons (Fsp3) is 0.833. The Labute approximate surface area is 107 Å². The molecule has 0 bridgehead atoms. The molecular formula is C12H21N3O3. The van der Waals surface area contributed by atoms with Gasteiger partial charge >= 0.3 is 6.01 Å². The van der Waals surface area contributed by atoms with Gasteiger partial charge in [0, 0.05) is 45.6 Å². The molecule has 1 saturated heterocycles. The number of ether oxygens (including phenoxy) is 2. The second-order valence-corrected chi connectivity index (χ2v) is 4.97. The summed E-state index contributed by atoms with van der Waals surface area (Å²) in [5, 5.41) is 7.07. The Bertz CT molecular complexity index is 372. The van der Waals surface area contributed by atoms with Crippen molar-refractivity contribution in [1.82, 2.24) is 10.1 Å². The molecule has 1 aliphatic heterocycles. The average molecular weight is 255 g/mol. The zero-order valence-electron chi connectivity index (χ0n) is 11.2. The molecule has 1 aliphatic rings. The number of anilines is 1. The third-order valence-corrected chi connectivity index (χ3v) is 3.36. The van der Waals surface area contributed by atoms with Gasteiger partial charge in [-0.1, -0.05) is 19.0 Å². The molecular weight excluding hydrogens is 234 g/mol. The highest BCUT2D eigenvalue weighted by atomic mass is 16.5. The highest BCUT2D eigenvalue weighted by Crippen LogP contribution is 2.25. The van der Waals surface area contributed by atoms with Crippen LogP contribution in [0.5, 0.6) is 0 Å². The molecule has 6 heteroatoms. The first kappa shape index (κ1) is 13.3. The maximum atomic E-state index is 5.62. The quantitative estimate of drug-likeness (QED) is 0.865. The van der Waals surface area contributed by atoms with Crippen molar-refractivity contribution in [3.63, 3.8) is 0 Å². The van der Waals surface area contributed by atoms with Crippen LogP contribution < -0.4 is 5.32 Å². The molecule has 1 N–H and O–H groups in total. The number of methoxy groups -OCH3 is 1. The van der Waals surface area contributed by atoms with E-state index in [9.17, 15) is 0 Å². The van der Waals surface area contributed by atoms with E-state index in [2.05, 4.69) is 15.5 Å². The molecule has 0 aliphatic carbocycles. The number of hydrogen-bond acceptors (Lipinski definition) is 6. The number of nitrogens with one attached hydrogen (secondary N) is 1. The van der Waals surface area contributed by atoms with Gasteiger partial charge in [0.05, 0.1) is 5.60 Å². The molecule has 0 aromatic carbocycles. The van der Waals surface area contributed by atoms with Gasteiger partial charge in [-0.3, -0.25) is 0 Å². The molecule has 0 saturated carbocycles. The molecule has 2 heterocycles. The van der Waals surface area contributed by atoms with Crippen LogP contribution in [0.15, 0.2) is 4.52 Å². The maximum Gasteiger partial charge on any atom is 0.321 e. The molecule has 0 atom stereocenters. The van der Waals surface area contributed by atoms with E-state index in [1.807, 2.05) is 13.8 Å². The Morgan fingerprint density at radius 2 is 2.11 bits per heavy atom. The summed E-state index contributed by atoms with van der Waals surface area (Å²) in [6, 6.07) is 0.460. The van der Waals surface area contributed by atoms with Crippen LogP contribution in [-0.4, -0.2) is 42.6 Å². The van der Waals surface area contributed by atoms with Crippen LogP contribution in [0, 0.1) is 0 Å². The van der Waals surface area contributed by atoms with E-state index in [-0.39, 0.29) is 11.5 Å². The predicted octanol–water partition coefficient (Wildman–Crippen LogP) is 1.80. The van der Waals surface area contributed by atoms with Crippen molar-refractivity contribution in [2.24, 2.45) is 0 Å². The molecule has 0 spiro atoms. The van der Waals surface area contributed by atoms with E-state index in [0.717, 1.165) is 31.9 Å². The van der Waals surface area contributed by atoms with E-state index in [4.69, 9.17) is 14.0 Å². The van der Waals surface area contributed by atoms with Gasteiger partial charge in [-0.25, -0.2) is 0 Å². The molecule has 0 unspecified atom stereocenters. The van der Waals surface area contributed by atoms with Crippen molar-refractivity contribution < 1.29 is 14.0 Å². The summed E-state index contributed by atoms with van der Waals surface area (Å²) in [5.41, 5.74) is -0.190. The van der Waals surface area contributed by atoms with Crippen LogP contribution in [0.25, 0.3) is 0 Å². The van der Waals surface area contributed by atoms with Crippen LogP contribution in [0.4, 0.5) is 6.01 Å². The van der Waals surface area contributed by atoms with Crippen LogP contribution in [-0.2, 0) is 9.47 Å². The number of aromatic nitrogens is 2. The second-order valence-electron chi connectivity index (χ2n) is 4.97. The molecule has 1 fully saturated rings. The van der Waals surface area contributed by atoms with Gasteiger partial charge in [-0.05, 0) is 0 Å². The average Bonchev–Trinajstić information content (AvgIpc) is 2.87. The van der Waals surface area contributed by atoms with E-state index in [1.165, 1.54) is 0 Å². The van der Waals surface area contributed by atoms with E-state index in [0.29, 0.717) is 12.6 Å². The lowest BCUT2D eigenvalue weighted by Gasteiger charge is -2.35. The van der Waals surface area contributed by atoms with Crippen molar-refractivity contribution >= 4 is 6.01 Å². The summed E-state index contributed by atoms with van der Waals surface area (Å²) in [4.78, 5) is 4.28. The maximum absolute atomic E-state index is 5.62. The van der Waals surface area contributed by atoms with Gasteiger partial charge in [-0.2, -0.15) is 4.98 Å². The van der Waals surface area contributed by atoms with Crippen LogP contribution >= 0.6 is 0 Å². The standard InChI is InChI=1S/C12H21N3O3/c1-9(2)10-14-11(18-15-10)13-8-12(16-3)4-6-17-7-5-12/h9H,4-8H2,1-3H3,(H,13,14,15). The van der Waals surface area contributed by atoms with E-state index < -0.39 is 0 Å². The smallest absolute Gasteiger partial charge is 0.321 e. The minimum atomic E-state index is -0.190. The topological polar surface area (TPSA) is 69.4 Å². The Morgan fingerprint density at radius 1 is 1.39 bits per heavy atom. The Balaban J connectivity index is 1.92. The highest BCUT2D eigenvalue weighted by molar-refractivity contribution is 5.20. The van der Waals surface area contributed by atoms with Gasteiger partial charge in [0.2, 0.25) is 0 Å². The van der Waals surface area contributed by atoms with Gasteiger partial charge in [0.25, 0.3) is 0 Å². The highest BCUT2D eigenvalue weighted by Gasteiger charge is 2.32. The molecule has 1 aromatic heterocycles. The van der Waals surface area contributed by atoms with Crippen molar-refractivity contribution in [3.8, 4) is 0 Å². The Morgan fingerprint density at radius 3 is 2.67 bits per heavy atom. The molecule has 102 valence electrons. The van der Waals surface area contributed by atoms with E-state index in [1.54, 1.807) is 7.11 Å². The predicted molar refractivity (Wildman–Crippen MR) is 66.7 cm³/mol. The van der Waals surface area contributed by atoms with Gasteiger partial charge in [-0.15, -0.1) is 0 Å². The Hall–Kier alpha value is -1.14. The summed E-state index contributed by atoms with van der Waals surface area (Å²) in [7, 11) is 1.74. The minimum absolute atomic E-state index is 0.190. The van der Waals surface area contributed by atoms with Crippen molar-refractivity contribution in [2.75, 3.05) is 32.2 Å². The monoisotopic (exact) mass is 255 g/mol. The lowest BCUT2D eigenvalue weighted by atomic mass is 9.94. The largest absolute Gasteiger partial charge is 0.381 e. The van der Waals surface area contributed by atoms with Gasteiger partial charge in [0.15, 0.2) is 5.82 Å². The molecule has 0 amide bonds. The summed E-state index contributed by atoms with van der Waals surface area (Å²) < 4.78 is 16.1. The molecule has 18 heavy (non-hydrogen) atoms. The van der Waals surface area contributed by atoms with Crippen LogP contribution in [0.1, 0.15) is 38.4 Å². The summed E-state index contributed by atoms with van der Waals surface area (Å²) in [5.74, 6) is 0.986. The van der Waals surface area contributed by atoms with Crippen LogP contribution in [0.2, 0.25) is 0 Å². The third-order valence-electron chi connectivity index (χ3n) is 3.36. The lowest BCUT2D eigenvalue weighted by Crippen LogP contribution is -2.44. The zero-order chi connectivity index (χ0) is 13.0. The number of rotatable bonds is 5. The van der Waals surface area contributed by atoms with Gasteiger partial charge in [0.1, 0.15) is 0 Å². The summed E-state index contributed by atoms with van der Waals surface area (Å²) >= 11 is 0. The van der Waals surface area contributed by atoms with Crippen molar-refractivity contribution in [3.05, 3.63) is 5.82 Å². The summed E-state index contributed by atoms with van der Waals surface area (Å²) in [6.07, 6.45) is 1.75. The third kappa shape index (κ3) is 3.00. The lowest BCUT2D eigenvalue weighted by molar-refractivity contribution is -0.0809. The minimum Gasteiger partial charge on any atom is -0.381 e. The van der Waals surface area contributed by atoms with Crippen molar-refractivity contribution in [2.45, 2.75) is 38.2 Å². The fourth-order valence-corrected chi connectivity index (χ4v) is 1.97. The Kier molecular flexibility index (Phi) is 4.19. The van der Waals surface area contributed by atoms with Crippen molar-refractivity contribution in [1.29, 1.82) is 0 Å². The van der Waals surface area contributed by atoms with Gasteiger partial charge < -0.3 is 19.3 Å². The fourth-order valence-electron chi connectivity index (χ4n) is 1.97. The first-order chi connectivity index (χ1) is 8.65. The number of nitrogens with zero attached hydrogens (tertiary/aromatic N) is 2. The molecule has 1 aromatic rings. The number of hydrogen-bond donors (Lipinski definition) is 1.